The van der Waals surface area contributed by atoms with Crippen molar-refractivity contribution in [2.45, 2.75) is 19.3 Å². The van der Waals surface area contributed by atoms with Crippen LogP contribution in [0.4, 0.5) is 0 Å². The Morgan fingerprint density at radius 1 is 1.83 bits per heavy atom. The Morgan fingerprint density at radius 3 is 3.08 bits per heavy atom. The van der Waals surface area contributed by atoms with Gasteiger partial charge in [0.2, 0.25) is 0 Å². The standard InChI is InChI=1S/C9H14O3/c1-3-7-5-8(6-10)12-9(7)11-4-2/h3,5,8-10H,1,4,6H2,2H3/t8-,9-/m0/s1. The molecule has 0 bridgehead atoms. The average Bonchev–Trinajstić information content (AvgIpc) is 2.48. The van der Waals surface area contributed by atoms with Gasteiger partial charge in [0.1, 0.15) is 6.10 Å². The summed E-state index contributed by atoms with van der Waals surface area (Å²) in [5.41, 5.74) is 0.899. The van der Waals surface area contributed by atoms with E-state index in [1.54, 1.807) is 6.08 Å². The van der Waals surface area contributed by atoms with Crippen LogP contribution in [0.5, 0.6) is 0 Å². The fourth-order valence-electron chi connectivity index (χ4n) is 1.12. The zero-order chi connectivity index (χ0) is 8.97. The van der Waals surface area contributed by atoms with E-state index in [9.17, 15) is 0 Å². The first-order valence-electron chi connectivity index (χ1n) is 4.03. The molecule has 0 saturated heterocycles. The molecule has 3 heteroatoms. The van der Waals surface area contributed by atoms with E-state index in [2.05, 4.69) is 6.58 Å². The molecule has 1 aliphatic heterocycles. The summed E-state index contributed by atoms with van der Waals surface area (Å²) >= 11 is 0. The second-order valence-corrected chi connectivity index (χ2v) is 2.52. The van der Waals surface area contributed by atoms with Gasteiger partial charge in [0.15, 0.2) is 6.29 Å². The number of aliphatic hydroxyl groups excluding tert-OH is 1. The van der Waals surface area contributed by atoms with Crippen LogP contribution < -0.4 is 0 Å². The van der Waals surface area contributed by atoms with Crippen LogP contribution in [0.3, 0.4) is 0 Å². The monoisotopic (exact) mass is 170 g/mol. The van der Waals surface area contributed by atoms with Gasteiger partial charge in [-0.15, -0.1) is 0 Å². The molecule has 0 aromatic carbocycles. The molecule has 0 fully saturated rings. The molecule has 68 valence electrons. The van der Waals surface area contributed by atoms with Crippen molar-refractivity contribution in [1.82, 2.24) is 0 Å². The summed E-state index contributed by atoms with van der Waals surface area (Å²) in [5, 5.41) is 8.81. The molecule has 1 aliphatic rings. The van der Waals surface area contributed by atoms with Gasteiger partial charge in [0.05, 0.1) is 6.61 Å². The maximum atomic E-state index is 8.81. The highest BCUT2D eigenvalue weighted by atomic mass is 16.7. The first-order chi connectivity index (χ1) is 5.81. The smallest absolute Gasteiger partial charge is 0.184 e. The molecule has 3 nitrogen and oxygen atoms in total. The molecule has 0 radical (unpaired) electrons. The molecule has 0 amide bonds. The van der Waals surface area contributed by atoms with Crippen molar-refractivity contribution in [2.24, 2.45) is 0 Å². The summed E-state index contributed by atoms with van der Waals surface area (Å²) in [5.74, 6) is 0. The molecule has 0 spiro atoms. The van der Waals surface area contributed by atoms with Crippen LogP contribution >= 0.6 is 0 Å². The molecule has 1 heterocycles. The van der Waals surface area contributed by atoms with Gasteiger partial charge in [-0.1, -0.05) is 12.7 Å². The van der Waals surface area contributed by atoms with E-state index in [0.29, 0.717) is 6.61 Å². The molecule has 1 rings (SSSR count). The fraction of sp³-hybridized carbons (Fsp3) is 0.556. The van der Waals surface area contributed by atoms with Gasteiger partial charge in [-0.25, -0.2) is 0 Å². The molecule has 12 heavy (non-hydrogen) atoms. The quantitative estimate of drug-likeness (QED) is 0.680. The largest absolute Gasteiger partial charge is 0.393 e. The van der Waals surface area contributed by atoms with Gasteiger partial charge in [0, 0.05) is 12.2 Å². The number of ether oxygens (including phenoxy) is 2. The SMILES string of the molecule is C=CC1=C[C@@H](CO)O[C@@H]1OCC. The lowest BCUT2D eigenvalue weighted by Gasteiger charge is -2.13. The normalized spacial score (nSPS) is 28.7. The molecule has 1 N–H and O–H groups in total. The summed E-state index contributed by atoms with van der Waals surface area (Å²) in [4.78, 5) is 0. The molecule has 0 aromatic heterocycles. The lowest BCUT2D eigenvalue weighted by molar-refractivity contribution is -0.125. The van der Waals surface area contributed by atoms with E-state index in [4.69, 9.17) is 14.6 Å². The Bertz CT molecular complexity index is 186. The van der Waals surface area contributed by atoms with Crippen LogP contribution in [-0.2, 0) is 9.47 Å². The van der Waals surface area contributed by atoms with Gasteiger partial charge in [0.25, 0.3) is 0 Å². The number of hydrogen-bond acceptors (Lipinski definition) is 3. The summed E-state index contributed by atoms with van der Waals surface area (Å²) in [7, 11) is 0. The Balaban J connectivity index is 2.56. The summed E-state index contributed by atoms with van der Waals surface area (Å²) in [6.07, 6.45) is 2.93. The Kier molecular flexibility index (Phi) is 3.47. The van der Waals surface area contributed by atoms with Crippen molar-refractivity contribution in [3.8, 4) is 0 Å². The third kappa shape index (κ3) is 1.94. The third-order valence-electron chi connectivity index (χ3n) is 1.68. The molecule has 0 aromatic rings. The Hall–Kier alpha value is -0.640. The van der Waals surface area contributed by atoms with E-state index < -0.39 is 0 Å². The molecule has 0 saturated carbocycles. The predicted octanol–water partition coefficient (Wildman–Crippen LogP) is 0.853. The number of rotatable bonds is 4. The summed E-state index contributed by atoms with van der Waals surface area (Å²) in [6, 6.07) is 0. The van der Waals surface area contributed by atoms with E-state index >= 15 is 0 Å². The molecular weight excluding hydrogens is 156 g/mol. The number of hydrogen-bond donors (Lipinski definition) is 1. The van der Waals surface area contributed by atoms with E-state index in [-0.39, 0.29) is 19.0 Å². The van der Waals surface area contributed by atoms with Crippen LogP contribution in [0.15, 0.2) is 24.3 Å². The highest BCUT2D eigenvalue weighted by Crippen LogP contribution is 2.21. The average molecular weight is 170 g/mol. The van der Waals surface area contributed by atoms with Crippen LogP contribution in [0.1, 0.15) is 6.92 Å². The van der Waals surface area contributed by atoms with Gasteiger partial charge < -0.3 is 14.6 Å². The second-order valence-electron chi connectivity index (χ2n) is 2.52. The van der Waals surface area contributed by atoms with E-state index in [1.807, 2.05) is 13.0 Å². The molecular formula is C9H14O3. The minimum absolute atomic E-state index is 0.0130. The first kappa shape index (κ1) is 9.45. The summed E-state index contributed by atoms with van der Waals surface area (Å²) in [6.45, 7) is 6.11. The first-order valence-corrected chi connectivity index (χ1v) is 4.03. The Labute approximate surface area is 72.3 Å². The maximum Gasteiger partial charge on any atom is 0.184 e. The van der Waals surface area contributed by atoms with Crippen molar-refractivity contribution in [2.75, 3.05) is 13.2 Å². The van der Waals surface area contributed by atoms with Gasteiger partial charge in [-0.05, 0) is 13.0 Å². The molecule has 0 aliphatic carbocycles. The van der Waals surface area contributed by atoms with E-state index in [1.165, 1.54) is 0 Å². The predicted molar refractivity (Wildman–Crippen MR) is 45.7 cm³/mol. The zero-order valence-electron chi connectivity index (χ0n) is 7.19. The highest BCUT2D eigenvalue weighted by molar-refractivity contribution is 5.24. The van der Waals surface area contributed by atoms with Gasteiger partial charge >= 0.3 is 0 Å². The van der Waals surface area contributed by atoms with Crippen molar-refractivity contribution in [1.29, 1.82) is 0 Å². The van der Waals surface area contributed by atoms with Crippen LogP contribution in [0, 0.1) is 0 Å². The van der Waals surface area contributed by atoms with Crippen LogP contribution in [-0.4, -0.2) is 30.7 Å². The third-order valence-corrected chi connectivity index (χ3v) is 1.68. The second kappa shape index (κ2) is 4.40. The Morgan fingerprint density at radius 2 is 2.58 bits per heavy atom. The minimum Gasteiger partial charge on any atom is -0.393 e. The van der Waals surface area contributed by atoms with Gasteiger partial charge in [-0.3, -0.25) is 0 Å². The minimum atomic E-state index is -0.343. The molecule has 2 atom stereocenters. The van der Waals surface area contributed by atoms with Crippen molar-refractivity contribution in [3.63, 3.8) is 0 Å². The highest BCUT2D eigenvalue weighted by Gasteiger charge is 2.24. The summed E-state index contributed by atoms with van der Waals surface area (Å²) < 4.78 is 10.6. The van der Waals surface area contributed by atoms with Crippen LogP contribution in [0.2, 0.25) is 0 Å². The zero-order valence-corrected chi connectivity index (χ0v) is 7.19. The topological polar surface area (TPSA) is 38.7 Å². The van der Waals surface area contributed by atoms with Crippen molar-refractivity contribution >= 4 is 0 Å². The maximum absolute atomic E-state index is 8.81. The fourth-order valence-corrected chi connectivity index (χ4v) is 1.12. The van der Waals surface area contributed by atoms with Crippen LogP contribution in [0.25, 0.3) is 0 Å². The lowest BCUT2D eigenvalue weighted by Crippen LogP contribution is -2.19. The van der Waals surface area contributed by atoms with E-state index in [0.717, 1.165) is 5.57 Å². The molecule has 0 unspecified atom stereocenters. The van der Waals surface area contributed by atoms with Crippen molar-refractivity contribution < 1.29 is 14.6 Å². The van der Waals surface area contributed by atoms with Gasteiger partial charge in [-0.2, -0.15) is 0 Å². The number of aliphatic hydroxyl groups is 1. The van der Waals surface area contributed by atoms with Crippen molar-refractivity contribution in [3.05, 3.63) is 24.3 Å². The lowest BCUT2D eigenvalue weighted by atomic mass is 10.2.